The molecular weight excluding hydrogens is 284 g/mol. The molecule has 0 radical (unpaired) electrons. The summed E-state index contributed by atoms with van der Waals surface area (Å²) < 4.78 is 6.06. The second-order valence-corrected chi connectivity index (χ2v) is 11.8. The Morgan fingerprint density at radius 3 is 2.48 bits per heavy atom. The number of hydrogen-bond acceptors (Lipinski definition) is 3. The molecule has 1 atom stereocenters. The zero-order valence-electron chi connectivity index (χ0n) is 14.5. The van der Waals surface area contributed by atoms with E-state index in [4.69, 9.17) is 9.96 Å². The van der Waals surface area contributed by atoms with Gasteiger partial charge in [0, 0.05) is 31.0 Å². The van der Waals surface area contributed by atoms with E-state index in [0.717, 1.165) is 0 Å². The summed E-state index contributed by atoms with van der Waals surface area (Å²) in [5, 5.41) is 3.75. The van der Waals surface area contributed by atoms with Crippen molar-refractivity contribution in [1.82, 2.24) is 4.90 Å². The number of carbonyl (C=O) groups is 1. The summed E-state index contributed by atoms with van der Waals surface area (Å²) in [6.45, 7) is 14.0. The summed E-state index contributed by atoms with van der Waals surface area (Å²) in [5.41, 5.74) is 8.32. The van der Waals surface area contributed by atoms with E-state index < -0.39 is 8.32 Å². The Morgan fingerprint density at radius 2 is 2.00 bits per heavy atom. The van der Waals surface area contributed by atoms with Gasteiger partial charge in [-0.15, -0.1) is 0 Å². The minimum Gasteiger partial charge on any atom is -0.415 e. The van der Waals surface area contributed by atoms with Gasteiger partial charge in [-0.3, -0.25) is 4.79 Å². The van der Waals surface area contributed by atoms with Gasteiger partial charge in [0.05, 0.1) is 6.61 Å². The molecule has 1 unspecified atom stereocenters. The molecule has 0 saturated carbocycles. The third-order valence-electron chi connectivity index (χ3n) is 4.15. The van der Waals surface area contributed by atoms with E-state index >= 15 is 0 Å². The molecule has 1 amide bonds. The molecule has 0 saturated heterocycles. The standard InChI is InChI=1S/C14H30N4O2Si/c1-12(16-17-15)8-9-13(19)18(5)10-11-20-21(6,7)14(2,3)4/h12H,8-11H2,1-7H3. The lowest BCUT2D eigenvalue weighted by Crippen LogP contribution is -2.43. The van der Waals surface area contributed by atoms with Gasteiger partial charge in [-0.25, -0.2) is 0 Å². The fourth-order valence-electron chi connectivity index (χ4n) is 1.45. The Kier molecular flexibility index (Phi) is 7.99. The van der Waals surface area contributed by atoms with Gasteiger partial charge >= 0.3 is 0 Å². The number of azide groups is 1. The maximum absolute atomic E-state index is 12.0. The molecule has 0 aromatic rings. The fraction of sp³-hybridized carbons (Fsp3) is 0.929. The molecule has 0 fully saturated rings. The Morgan fingerprint density at radius 1 is 1.43 bits per heavy atom. The first kappa shape index (κ1) is 20.0. The number of rotatable bonds is 8. The molecule has 0 aromatic heterocycles. The summed E-state index contributed by atoms with van der Waals surface area (Å²) in [6, 6.07) is -0.143. The van der Waals surface area contributed by atoms with Crippen molar-refractivity contribution in [2.45, 2.75) is 64.7 Å². The predicted octanol–water partition coefficient (Wildman–Crippen LogP) is 3.95. The smallest absolute Gasteiger partial charge is 0.222 e. The van der Waals surface area contributed by atoms with Crippen molar-refractivity contribution in [3.63, 3.8) is 0 Å². The Bertz CT molecular complexity index is 387. The van der Waals surface area contributed by atoms with Crippen LogP contribution in [0.3, 0.4) is 0 Å². The third kappa shape index (κ3) is 7.50. The second kappa shape index (κ2) is 8.41. The van der Waals surface area contributed by atoms with E-state index in [1.165, 1.54) is 0 Å². The average Bonchev–Trinajstić information content (AvgIpc) is 2.34. The average molecular weight is 315 g/mol. The van der Waals surface area contributed by atoms with Gasteiger partial charge in [0.15, 0.2) is 8.32 Å². The zero-order chi connectivity index (χ0) is 16.7. The molecule has 6 nitrogen and oxygen atoms in total. The van der Waals surface area contributed by atoms with E-state index in [2.05, 4.69) is 43.9 Å². The van der Waals surface area contributed by atoms with Crippen molar-refractivity contribution in [2.75, 3.05) is 20.2 Å². The van der Waals surface area contributed by atoms with E-state index in [-0.39, 0.29) is 17.0 Å². The van der Waals surface area contributed by atoms with Crippen molar-refractivity contribution in [2.24, 2.45) is 5.11 Å². The van der Waals surface area contributed by atoms with Crippen LogP contribution in [0, 0.1) is 0 Å². The van der Waals surface area contributed by atoms with Crippen LogP contribution in [0.2, 0.25) is 18.1 Å². The summed E-state index contributed by atoms with van der Waals surface area (Å²) in [4.78, 5) is 16.4. The van der Waals surface area contributed by atoms with Gasteiger partial charge in [-0.05, 0) is 30.1 Å². The Balaban J connectivity index is 4.12. The van der Waals surface area contributed by atoms with Gasteiger partial charge in [0.1, 0.15) is 0 Å². The van der Waals surface area contributed by atoms with Crippen LogP contribution >= 0.6 is 0 Å². The van der Waals surface area contributed by atoms with Crippen molar-refractivity contribution >= 4 is 14.2 Å². The molecule has 7 heteroatoms. The molecule has 0 aliphatic carbocycles. The van der Waals surface area contributed by atoms with Crippen LogP contribution in [0.1, 0.15) is 40.5 Å². The van der Waals surface area contributed by atoms with Crippen molar-refractivity contribution in [3.05, 3.63) is 10.4 Å². The van der Waals surface area contributed by atoms with E-state index in [9.17, 15) is 4.79 Å². The summed E-state index contributed by atoms with van der Waals surface area (Å²) in [5.74, 6) is 0.0637. The Labute approximate surface area is 129 Å². The molecule has 0 aromatic carbocycles. The molecule has 0 aliphatic rings. The quantitative estimate of drug-likeness (QED) is 0.294. The van der Waals surface area contributed by atoms with Crippen LogP contribution in [-0.4, -0.2) is 45.4 Å². The number of carbonyl (C=O) groups excluding carboxylic acids is 1. The highest BCUT2D eigenvalue weighted by molar-refractivity contribution is 6.74. The van der Waals surface area contributed by atoms with Crippen molar-refractivity contribution < 1.29 is 9.22 Å². The van der Waals surface area contributed by atoms with Crippen LogP contribution in [0.25, 0.3) is 10.4 Å². The lowest BCUT2D eigenvalue weighted by molar-refractivity contribution is -0.130. The van der Waals surface area contributed by atoms with Crippen LogP contribution < -0.4 is 0 Å². The molecule has 0 spiro atoms. The first-order valence-corrected chi connectivity index (χ1v) is 10.3. The van der Waals surface area contributed by atoms with E-state index in [1.54, 1.807) is 11.9 Å². The maximum Gasteiger partial charge on any atom is 0.222 e. The SMILES string of the molecule is CC(CCC(=O)N(C)CCO[Si](C)(C)C(C)(C)C)N=[N+]=[N-]. The number of amides is 1. The second-order valence-electron chi connectivity index (χ2n) is 7.02. The van der Waals surface area contributed by atoms with E-state index in [1.807, 2.05) is 6.92 Å². The molecule has 122 valence electrons. The van der Waals surface area contributed by atoms with Gasteiger partial charge in [0.25, 0.3) is 0 Å². The van der Waals surface area contributed by atoms with Crippen molar-refractivity contribution in [3.8, 4) is 0 Å². The molecule has 0 N–H and O–H groups in total. The molecule has 0 bridgehead atoms. The van der Waals surface area contributed by atoms with Gasteiger partial charge in [0.2, 0.25) is 5.91 Å². The largest absolute Gasteiger partial charge is 0.415 e. The van der Waals surface area contributed by atoms with E-state index in [0.29, 0.717) is 26.0 Å². The molecular formula is C14H30N4O2Si. The lowest BCUT2D eigenvalue weighted by Gasteiger charge is -2.36. The van der Waals surface area contributed by atoms with Crippen LogP contribution in [-0.2, 0) is 9.22 Å². The van der Waals surface area contributed by atoms with Gasteiger partial charge < -0.3 is 9.33 Å². The highest BCUT2D eigenvalue weighted by Crippen LogP contribution is 2.36. The first-order valence-electron chi connectivity index (χ1n) is 7.43. The third-order valence-corrected chi connectivity index (χ3v) is 8.68. The maximum atomic E-state index is 12.0. The highest BCUT2D eigenvalue weighted by Gasteiger charge is 2.36. The summed E-state index contributed by atoms with van der Waals surface area (Å²) in [6.07, 6.45) is 0.979. The Hall–Kier alpha value is -1.04. The van der Waals surface area contributed by atoms with Crippen molar-refractivity contribution in [1.29, 1.82) is 0 Å². The summed E-state index contributed by atoms with van der Waals surface area (Å²) >= 11 is 0. The zero-order valence-corrected chi connectivity index (χ0v) is 15.5. The number of hydrogen-bond donors (Lipinski definition) is 0. The molecule has 0 heterocycles. The number of likely N-dealkylation sites (N-methyl/N-ethyl adjacent to an activating group) is 1. The molecule has 21 heavy (non-hydrogen) atoms. The van der Waals surface area contributed by atoms with Gasteiger partial charge in [-0.1, -0.05) is 32.8 Å². The van der Waals surface area contributed by atoms with Gasteiger partial charge in [-0.2, -0.15) is 0 Å². The minimum absolute atomic E-state index is 0.0637. The fourth-order valence-corrected chi connectivity index (χ4v) is 2.48. The first-order chi connectivity index (χ1) is 9.51. The lowest BCUT2D eigenvalue weighted by atomic mass is 10.2. The van der Waals surface area contributed by atoms with Crippen LogP contribution in [0.15, 0.2) is 5.11 Å². The van der Waals surface area contributed by atoms with Crippen LogP contribution in [0.5, 0.6) is 0 Å². The number of nitrogens with zero attached hydrogens (tertiary/aromatic N) is 4. The summed E-state index contributed by atoms with van der Waals surface area (Å²) in [7, 11) is 0.0405. The van der Waals surface area contributed by atoms with Crippen LogP contribution in [0.4, 0.5) is 0 Å². The normalized spacial score (nSPS) is 13.5. The topological polar surface area (TPSA) is 78.3 Å². The predicted molar refractivity (Wildman–Crippen MR) is 88.6 cm³/mol. The minimum atomic E-state index is -1.75. The molecule has 0 aliphatic heterocycles. The highest BCUT2D eigenvalue weighted by atomic mass is 28.4. The monoisotopic (exact) mass is 314 g/mol. The molecule has 0 rings (SSSR count).